The molecule has 0 aliphatic heterocycles. The molecule has 35 heavy (non-hydrogen) atoms. The average Bonchev–Trinajstić information content (AvgIpc) is 2.70. The van der Waals surface area contributed by atoms with Crippen LogP contribution < -0.4 is 5.32 Å². The Morgan fingerprint density at radius 1 is 0.857 bits per heavy atom. The highest BCUT2D eigenvalue weighted by molar-refractivity contribution is 7.86. The molecule has 0 heterocycles. The Morgan fingerprint density at radius 2 is 1.29 bits per heavy atom. The van der Waals surface area contributed by atoms with E-state index in [1.54, 1.807) is 30.3 Å². The van der Waals surface area contributed by atoms with E-state index in [-0.39, 0.29) is 12.8 Å². The van der Waals surface area contributed by atoms with E-state index >= 15 is 0 Å². The van der Waals surface area contributed by atoms with Crippen LogP contribution in [0.5, 0.6) is 0 Å². The number of halogens is 9. The summed E-state index contributed by atoms with van der Waals surface area (Å²) in [7, 11) is -4.06. The molecule has 15 heteroatoms. The third kappa shape index (κ3) is 7.95. The molecule has 0 spiro atoms. The van der Waals surface area contributed by atoms with Crippen molar-refractivity contribution in [1.82, 2.24) is 5.32 Å². The highest BCUT2D eigenvalue weighted by atomic mass is 32.2. The number of rotatable bonds is 5. The highest BCUT2D eigenvalue weighted by Crippen LogP contribution is 2.51. The number of benzene rings is 1. The minimum Gasteiger partial charge on any atom is -0.373 e. The largest absolute Gasteiger partial charge is 0.426 e. The first kappa shape index (κ1) is 31.4. The molecule has 3 N–H and O–H groups in total. The predicted molar refractivity (Wildman–Crippen MR) is 108 cm³/mol. The van der Waals surface area contributed by atoms with Crippen molar-refractivity contribution in [3.63, 3.8) is 0 Å². The van der Waals surface area contributed by atoms with E-state index < -0.39 is 70.3 Å². The molecule has 0 saturated heterocycles. The van der Waals surface area contributed by atoms with E-state index in [2.05, 4.69) is 0 Å². The van der Waals surface area contributed by atoms with Crippen LogP contribution in [0.3, 0.4) is 0 Å². The predicted octanol–water partition coefficient (Wildman–Crippen LogP) is 5.36. The van der Waals surface area contributed by atoms with Crippen LogP contribution >= 0.6 is 0 Å². The summed E-state index contributed by atoms with van der Waals surface area (Å²) >= 11 is 0. The van der Waals surface area contributed by atoms with Crippen LogP contribution in [0.1, 0.15) is 45.1 Å². The fourth-order valence-corrected chi connectivity index (χ4v) is 4.02. The van der Waals surface area contributed by atoms with Crippen LogP contribution in [0.25, 0.3) is 0 Å². The number of aliphatic hydroxyl groups is 1. The van der Waals surface area contributed by atoms with E-state index in [9.17, 15) is 53.0 Å². The summed E-state index contributed by atoms with van der Waals surface area (Å²) in [5.74, 6) is -2.13. The van der Waals surface area contributed by atoms with Crippen molar-refractivity contribution >= 4 is 10.1 Å². The van der Waals surface area contributed by atoms with Crippen molar-refractivity contribution in [2.45, 2.75) is 74.4 Å². The molecule has 0 radical (unpaired) electrons. The molecule has 0 atom stereocenters. The summed E-state index contributed by atoms with van der Waals surface area (Å²) in [6.45, 7) is 1.57. The summed E-state index contributed by atoms with van der Waals surface area (Å²) in [6.07, 6.45) is -18.3. The smallest absolute Gasteiger partial charge is 0.373 e. The quantitative estimate of drug-likeness (QED) is 0.341. The molecular weight excluding hydrogens is 521 g/mol. The van der Waals surface area contributed by atoms with Gasteiger partial charge in [-0.1, -0.05) is 30.3 Å². The minimum atomic E-state index is -5.90. The van der Waals surface area contributed by atoms with Gasteiger partial charge in [-0.2, -0.15) is 47.9 Å². The molecular formula is C20H26F9NO4S. The lowest BCUT2D eigenvalue weighted by Crippen LogP contribution is -2.62. The van der Waals surface area contributed by atoms with Gasteiger partial charge >= 0.3 is 18.5 Å². The number of alkyl halides is 9. The van der Waals surface area contributed by atoms with E-state index in [1.165, 1.54) is 13.8 Å². The Hall–Kier alpha value is -1.58. The lowest BCUT2D eigenvalue weighted by Gasteiger charge is -2.42. The van der Waals surface area contributed by atoms with Crippen LogP contribution in [0.4, 0.5) is 39.5 Å². The molecule has 1 aromatic rings. The second-order valence-electron chi connectivity index (χ2n) is 8.66. The van der Waals surface area contributed by atoms with Crippen molar-refractivity contribution in [2.75, 3.05) is 6.54 Å². The normalized spacial score (nSPS) is 20.7. The minimum absolute atomic E-state index is 0.310. The van der Waals surface area contributed by atoms with Crippen molar-refractivity contribution in [3.05, 3.63) is 35.9 Å². The lowest BCUT2D eigenvalue weighted by atomic mass is 9.74. The molecule has 1 aromatic carbocycles. The van der Waals surface area contributed by atoms with Crippen LogP contribution in [-0.2, 0) is 14.9 Å². The van der Waals surface area contributed by atoms with Crippen LogP contribution in [0.15, 0.2) is 30.3 Å². The number of hydrogen-bond acceptors (Lipinski definition) is 4. The molecule has 1 aliphatic carbocycles. The summed E-state index contributed by atoms with van der Waals surface area (Å²) in [5.41, 5.74) is -4.26. The van der Waals surface area contributed by atoms with Gasteiger partial charge in [0.2, 0.25) is 0 Å². The van der Waals surface area contributed by atoms with Gasteiger partial charge in [0, 0.05) is 12.0 Å². The van der Waals surface area contributed by atoms with Crippen molar-refractivity contribution < 1.29 is 57.6 Å². The first-order valence-electron chi connectivity index (χ1n) is 10.2. The second-order valence-corrected chi connectivity index (χ2v) is 10.6. The maximum absolute atomic E-state index is 12.7. The Labute approximate surface area is 196 Å². The van der Waals surface area contributed by atoms with Gasteiger partial charge in [0.15, 0.2) is 0 Å². The first-order chi connectivity index (χ1) is 15.5. The van der Waals surface area contributed by atoms with E-state index in [0.29, 0.717) is 5.56 Å². The monoisotopic (exact) mass is 547 g/mol. The Morgan fingerprint density at radius 3 is 1.63 bits per heavy atom. The van der Waals surface area contributed by atoms with E-state index in [1.807, 2.05) is 5.32 Å². The summed E-state index contributed by atoms with van der Waals surface area (Å²) in [4.78, 5) is 0. The van der Waals surface area contributed by atoms with Gasteiger partial charge in [0.1, 0.15) is 4.75 Å². The molecule has 0 unspecified atom stereocenters. The molecule has 204 valence electrons. The fourth-order valence-electron chi connectivity index (χ4n) is 3.59. The van der Waals surface area contributed by atoms with E-state index in [0.717, 1.165) is 0 Å². The zero-order valence-corrected chi connectivity index (χ0v) is 19.4. The van der Waals surface area contributed by atoms with Gasteiger partial charge in [-0.3, -0.25) is 4.55 Å². The maximum atomic E-state index is 12.7. The standard InChI is InChI=1S/C11H14F9NO.C9H12O3S/c12-8(13,14)5-21-7-3-1-6(2-4-7)9(22,10(15,16)17)11(18,19)20;1-9(2,13(10,11)12)8-6-4-3-5-7-8/h6-7,21-22H,1-5H2;3-7H,1-2H3,(H,10,11,12). The molecule has 0 aromatic heterocycles. The highest BCUT2D eigenvalue weighted by Gasteiger charge is 2.73. The van der Waals surface area contributed by atoms with Crippen molar-refractivity contribution in [3.8, 4) is 0 Å². The summed E-state index contributed by atoms with van der Waals surface area (Å²) < 4.78 is 142. The zero-order valence-electron chi connectivity index (χ0n) is 18.6. The van der Waals surface area contributed by atoms with E-state index in [4.69, 9.17) is 4.55 Å². The van der Waals surface area contributed by atoms with Gasteiger partial charge in [-0.15, -0.1) is 0 Å². The summed E-state index contributed by atoms with van der Waals surface area (Å²) in [6, 6.07) is 7.79. The molecule has 1 saturated carbocycles. The zero-order chi connectivity index (χ0) is 27.5. The molecule has 2 rings (SSSR count). The molecule has 1 aliphatic rings. The second kappa shape index (κ2) is 10.8. The molecule has 0 bridgehead atoms. The Kier molecular flexibility index (Phi) is 9.71. The lowest BCUT2D eigenvalue weighted by molar-refractivity contribution is -0.387. The van der Waals surface area contributed by atoms with Crippen LogP contribution in [0, 0.1) is 5.92 Å². The van der Waals surface area contributed by atoms with Gasteiger partial charge in [0.25, 0.3) is 15.7 Å². The SMILES string of the molecule is CC(C)(c1ccccc1)S(=O)(=O)O.OC(C1CCC(NCC(F)(F)F)CC1)(C(F)(F)F)C(F)(F)F. The molecule has 0 amide bonds. The topological polar surface area (TPSA) is 86.6 Å². The Balaban J connectivity index is 0.000000400. The average molecular weight is 547 g/mol. The maximum Gasteiger partial charge on any atom is 0.426 e. The fraction of sp³-hybridized carbons (Fsp3) is 0.700. The third-order valence-electron chi connectivity index (χ3n) is 5.89. The van der Waals surface area contributed by atoms with Crippen molar-refractivity contribution in [2.24, 2.45) is 5.92 Å². The number of nitrogens with one attached hydrogen (secondary N) is 1. The van der Waals surface area contributed by atoms with Crippen molar-refractivity contribution in [1.29, 1.82) is 0 Å². The van der Waals surface area contributed by atoms with Crippen LogP contribution in [0.2, 0.25) is 0 Å². The van der Waals surface area contributed by atoms with Gasteiger partial charge < -0.3 is 10.4 Å². The molecule has 5 nitrogen and oxygen atoms in total. The number of hydrogen-bond donors (Lipinski definition) is 3. The van der Waals surface area contributed by atoms with Gasteiger partial charge in [-0.25, -0.2) is 0 Å². The molecule has 1 fully saturated rings. The van der Waals surface area contributed by atoms with Crippen LogP contribution in [-0.4, -0.2) is 54.8 Å². The van der Waals surface area contributed by atoms with Gasteiger partial charge in [0.05, 0.1) is 6.54 Å². The first-order valence-corrected chi connectivity index (χ1v) is 11.7. The Bertz CT molecular complexity index is 891. The summed E-state index contributed by atoms with van der Waals surface area (Å²) in [5, 5.41) is 11.2. The third-order valence-corrected chi connectivity index (χ3v) is 7.41. The van der Waals surface area contributed by atoms with Gasteiger partial charge in [-0.05, 0) is 45.1 Å².